The fourth-order valence-electron chi connectivity index (χ4n) is 3.01. The van der Waals surface area contributed by atoms with Crippen LogP contribution in [0.1, 0.15) is 29.8 Å². The number of aromatic nitrogens is 1. The predicted molar refractivity (Wildman–Crippen MR) is 95.1 cm³/mol. The number of carboxylic acid groups (broad SMARTS) is 1. The van der Waals surface area contributed by atoms with Crippen molar-refractivity contribution in [1.29, 1.82) is 0 Å². The maximum absolute atomic E-state index is 12.6. The van der Waals surface area contributed by atoms with E-state index in [1.165, 1.54) is 23.5 Å². The van der Waals surface area contributed by atoms with Gasteiger partial charge in [0.2, 0.25) is 0 Å². The Morgan fingerprint density at radius 1 is 1.35 bits per heavy atom. The Balaban J connectivity index is 1.68. The Morgan fingerprint density at radius 3 is 2.73 bits per heavy atom. The second-order valence-electron chi connectivity index (χ2n) is 6.18. The van der Waals surface area contributed by atoms with Gasteiger partial charge in [-0.05, 0) is 18.8 Å². The molecule has 0 unspecified atom stereocenters. The molecule has 1 saturated heterocycles. The van der Waals surface area contributed by atoms with Crippen molar-refractivity contribution in [3.63, 3.8) is 0 Å². The number of thiazole rings is 1. The molecule has 26 heavy (non-hydrogen) atoms. The predicted octanol–water partition coefficient (Wildman–Crippen LogP) is 3.05. The Kier molecular flexibility index (Phi) is 5.27. The molecule has 0 spiro atoms. The highest BCUT2D eigenvalue weighted by atomic mass is 32.1. The van der Waals surface area contributed by atoms with Crippen LogP contribution in [-0.4, -0.2) is 44.9 Å². The quantitative estimate of drug-likeness (QED) is 0.635. The van der Waals surface area contributed by atoms with Gasteiger partial charge in [0.15, 0.2) is 0 Å². The summed E-state index contributed by atoms with van der Waals surface area (Å²) in [6.07, 6.45) is 1.47. The molecule has 9 heteroatoms. The average molecular weight is 375 g/mol. The summed E-state index contributed by atoms with van der Waals surface area (Å²) in [5, 5.41) is 21.9. The molecule has 2 aromatic rings. The average Bonchev–Trinajstić information content (AvgIpc) is 3.11. The number of rotatable bonds is 5. The van der Waals surface area contributed by atoms with E-state index in [-0.39, 0.29) is 23.9 Å². The van der Waals surface area contributed by atoms with Gasteiger partial charge in [-0.15, -0.1) is 11.3 Å². The molecular formula is C17H17N3O5S. The van der Waals surface area contributed by atoms with Crippen LogP contribution in [-0.2, 0) is 4.79 Å². The van der Waals surface area contributed by atoms with Crippen LogP contribution in [0.4, 0.5) is 5.69 Å². The van der Waals surface area contributed by atoms with Crippen molar-refractivity contribution in [2.24, 2.45) is 5.92 Å². The van der Waals surface area contributed by atoms with Crippen LogP contribution in [0.5, 0.6) is 0 Å². The van der Waals surface area contributed by atoms with Gasteiger partial charge in [0.1, 0.15) is 10.7 Å². The molecular weight excluding hydrogens is 358 g/mol. The van der Waals surface area contributed by atoms with Gasteiger partial charge in [0.05, 0.1) is 4.92 Å². The second kappa shape index (κ2) is 7.61. The van der Waals surface area contributed by atoms with Gasteiger partial charge in [0.25, 0.3) is 11.6 Å². The fraction of sp³-hybridized carbons (Fsp3) is 0.353. The molecule has 1 amide bonds. The summed E-state index contributed by atoms with van der Waals surface area (Å²) in [6.45, 7) is 1.03. The van der Waals surface area contributed by atoms with E-state index in [1.807, 2.05) is 0 Å². The van der Waals surface area contributed by atoms with E-state index in [0.717, 1.165) is 0 Å². The molecule has 2 heterocycles. The summed E-state index contributed by atoms with van der Waals surface area (Å²) in [5.74, 6) is -0.894. The van der Waals surface area contributed by atoms with E-state index in [0.29, 0.717) is 42.2 Å². The van der Waals surface area contributed by atoms with Crippen molar-refractivity contribution >= 4 is 28.9 Å². The molecule has 8 nitrogen and oxygen atoms in total. The summed E-state index contributed by atoms with van der Waals surface area (Å²) in [6, 6.07) is 6.15. The molecule has 0 saturated carbocycles. The topological polar surface area (TPSA) is 114 Å². The number of nitro benzene ring substituents is 1. The number of hydrogen-bond acceptors (Lipinski definition) is 6. The standard InChI is InChI=1S/C17H17N3O5S/c21-15(22)8-11-4-6-19(7-5-11)17(23)14-10-26-16(18-14)12-2-1-3-13(9-12)20(24)25/h1-3,9-11H,4-8H2,(H,21,22). The Bertz CT molecular complexity index is 842. The number of carbonyl (C=O) groups excluding carboxylic acids is 1. The van der Waals surface area contributed by atoms with Crippen molar-refractivity contribution in [3.05, 3.63) is 45.5 Å². The number of nitrogens with zero attached hydrogens (tertiary/aromatic N) is 3. The number of nitro groups is 1. The SMILES string of the molecule is O=C(O)CC1CCN(C(=O)c2csc(-c3cccc([N+](=O)[O-])c3)n2)CC1. The van der Waals surface area contributed by atoms with Gasteiger partial charge >= 0.3 is 5.97 Å². The van der Waals surface area contributed by atoms with E-state index in [1.54, 1.807) is 22.4 Å². The molecule has 1 aromatic heterocycles. The highest BCUT2D eigenvalue weighted by Gasteiger charge is 2.26. The summed E-state index contributed by atoms with van der Waals surface area (Å²) in [5.41, 5.74) is 0.891. The number of piperidine rings is 1. The fourth-order valence-corrected chi connectivity index (χ4v) is 3.80. The van der Waals surface area contributed by atoms with E-state index in [4.69, 9.17) is 5.11 Å². The summed E-state index contributed by atoms with van der Waals surface area (Å²) < 4.78 is 0. The lowest BCUT2D eigenvalue weighted by atomic mass is 9.93. The summed E-state index contributed by atoms with van der Waals surface area (Å²) in [7, 11) is 0. The number of carboxylic acids is 1. The molecule has 0 atom stereocenters. The van der Waals surface area contributed by atoms with Gasteiger partial charge in [-0.1, -0.05) is 12.1 Å². The number of non-ortho nitro benzene ring substituents is 1. The first-order valence-corrected chi connectivity index (χ1v) is 9.03. The lowest BCUT2D eigenvalue weighted by Crippen LogP contribution is -2.39. The van der Waals surface area contributed by atoms with Crippen molar-refractivity contribution in [1.82, 2.24) is 9.88 Å². The van der Waals surface area contributed by atoms with Crippen LogP contribution in [0.3, 0.4) is 0 Å². The third-order valence-electron chi connectivity index (χ3n) is 4.39. The Morgan fingerprint density at radius 2 is 2.08 bits per heavy atom. The molecule has 1 N–H and O–H groups in total. The highest BCUT2D eigenvalue weighted by molar-refractivity contribution is 7.13. The van der Waals surface area contributed by atoms with E-state index >= 15 is 0 Å². The van der Waals surface area contributed by atoms with Gasteiger partial charge in [-0.2, -0.15) is 0 Å². The Hall–Kier alpha value is -2.81. The maximum atomic E-state index is 12.6. The zero-order chi connectivity index (χ0) is 18.7. The molecule has 1 fully saturated rings. The first-order valence-electron chi connectivity index (χ1n) is 8.15. The maximum Gasteiger partial charge on any atom is 0.303 e. The number of amides is 1. The number of benzene rings is 1. The lowest BCUT2D eigenvalue weighted by Gasteiger charge is -2.30. The number of likely N-dealkylation sites (tertiary alicyclic amines) is 1. The summed E-state index contributed by atoms with van der Waals surface area (Å²) in [4.78, 5) is 39.8. The molecule has 1 aliphatic heterocycles. The first kappa shape index (κ1) is 18.0. The van der Waals surface area contributed by atoms with Crippen LogP contribution in [0.25, 0.3) is 10.6 Å². The minimum atomic E-state index is -0.809. The monoisotopic (exact) mass is 375 g/mol. The number of hydrogen-bond donors (Lipinski definition) is 1. The summed E-state index contributed by atoms with van der Waals surface area (Å²) >= 11 is 1.27. The third-order valence-corrected chi connectivity index (χ3v) is 5.28. The van der Waals surface area contributed by atoms with Crippen LogP contribution in [0.15, 0.2) is 29.6 Å². The normalized spacial score (nSPS) is 15.0. The van der Waals surface area contributed by atoms with Crippen LogP contribution in [0, 0.1) is 16.0 Å². The van der Waals surface area contributed by atoms with Crippen molar-refractivity contribution in [3.8, 4) is 10.6 Å². The highest BCUT2D eigenvalue weighted by Crippen LogP contribution is 2.28. The zero-order valence-corrected chi connectivity index (χ0v) is 14.6. The molecule has 1 aliphatic rings. The minimum Gasteiger partial charge on any atom is -0.481 e. The second-order valence-corrected chi connectivity index (χ2v) is 7.04. The minimum absolute atomic E-state index is 0.0221. The number of carbonyl (C=O) groups is 2. The molecule has 1 aromatic carbocycles. The molecule has 0 aliphatic carbocycles. The van der Waals surface area contributed by atoms with Crippen LogP contribution < -0.4 is 0 Å². The van der Waals surface area contributed by atoms with Crippen molar-refractivity contribution in [2.45, 2.75) is 19.3 Å². The van der Waals surface area contributed by atoms with Gasteiger partial charge in [0, 0.05) is 42.6 Å². The van der Waals surface area contributed by atoms with Gasteiger partial charge in [-0.3, -0.25) is 19.7 Å². The lowest BCUT2D eigenvalue weighted by molar-refractivity contribution is -0.384. The van der Waals surface area contributed by atoms with Gasteiger partial charge < -0.3 is 10.0 Å². The van der Waals surface area contributed by atoms with E-state index in [2.05, 4.69) is 4.98 Å². The van der Waals surface area contributed by atoms with Crippen molar-refractivity contribution < 1.29 is 19.6 Å². The molecule has 3 rings (SSSR count). The Labute approximate surface area is 153 Å². The molecule has 136 valence electrons. The van der Waals surface area contributed by atoms with Gasteiger partial charge in [-0.25, -0.2) is 4.98 Å². The van der Waals surface area contributed by atoms with Crippen LogP contribution in [0.2, 0.25) is 0 Å². The molecule has 0 bridgehead atoms. The first-order chi connectivity index (χ1) is 12.4. The van der Waals surface area contributed by atoms with Crippen LogP contribution >= 0.6 is 11.3 Å². The smallest absolute Gasteiger partial charge is 0.303 e. The van der Waals surface area contributed by atoms with Crippen molar-refractivity contribution in [2.75, 3.05) is 13.1 Å². The largest absolute Gasteiger partial charge is 0.481 e. The zero-order valence-electron chi connectivity index (χ0n) is 13.8. The van der Waals surface area contributed by atoms with E-state index < -0.39 is 10.9 Å². The van der Waals surface area contributed by atoms with E-state index in [9.17, 15) is 19.7 Å². The third kappa shape index (κ3) is 4.05. The molecule has 0 radical (unpaired) electrons. The number of aliphatic carboxylic acids is 1.